The van der Waals surface area contributed by atoms with Gasteiger partial charge in [0.1, 0.15) is 5.75 Å². The Morgan fingerprint density at radius 2 is 1.61 bits per heavy atom. The Bertz CT molecular complexity index is 745. The number of aromatic carboxylic acids is 1. The third-order valence-electron chi connectivity index (χ3n) is 2.67. The molecule has 0 aliphatic carbocycles. The first kappa shape index (κ1) is 18.8. The number of hydrogen-bond donors (Lipinski definition) is 2. The minimum atomic E-state index is -1.49. The molecule has 0 saturated carbocycles. The van der Waals surface area contributed by atoms with Crippen LogP contribution in [-0.4, -0.2) is 17.0 Å². The van der Waals surface area contributed by atoms with Crippen LogP contribution in [0.4, 0.5) is 17.1 Å². The summed E-state index contributed by atoms with van der Waals surface area (Å²) in [6.07, 6.45) is 0. The topological polar surface area (TPSA) is 114 Å². The second-order valence-corrected chi connectivity index (χ2v) is 4.42. The second-order valence-electron chi connectivity index (χ2n) is 4.42. The van der Waals surface area contributed by atoms with Gasteiger partial charge in [0.2, 0.25) is 5.91 Å². The molecule has 2 aromatic rings. The van der Waals surface area contributed by atoms with E-state index in [1.54, 1.807) is 24.3 Å². The van der Waals surface area contributed by atoms with Crippen LogP contribution >= 0.6 is 0 Å². The molecular formula is C15H12N3NaO4. The van der Waals surface area contributed by atoms with Gasteiger partial charge in [-0.25, -0.2) is 0 Å². The summed E-state index contributed by atoms with van der Waals surface area (Å²) in [5.41, 5.74) is 1.08. The van der Waals surface area contributed by atoms with E-state index in [2.05, 4.69) is 15.5 Å². The quantitative estimate of drug-likeness (QED) is 0.563. The molecule has 0 aliphatic heterocycles. The number of rotatable bonds is 4. The van der Waals surface area contributed by atoms with Gasteiger partial charge in [-0.15, -0.1) is 0 Å². The number of carboxylic acid groups (broad SMARTS) is 1. The van der Waals surface area contributed by atoms with Crippen LogP contribution in [0.15, 0.2) is 52.7 Å². The number of anilines is 1. The van der Waals surface area contributed by atoms with Gasteiger partial charge < -0.3 is 20.3 Å². The van der Waals surface area contributed by atoms with Crippen molar-refractivity contribution in [3.63, 3.8) is 0 Å². The fourth-order valence-corrected chi connectivity index (χ4v) is 1.68. The standard InChI is InChI=1S/C15H13N3O4.Na/c1-9(19)16-10-2-4-11(5-3-10)17-18-12-6-7-14(20)13(8-12)15(21)22;/h2-8,20H,1H3,(H,16,19)(H,21,22);/q;+1/p-1. The van der Waals surface area contributed by atoms with Gasteiger partial charge in [0.25, 0.3) is 0 Å². The molecule has 112 valence electrons. The number of nitrogens with one attached hydrogen (secondary N) is 1. The fourth-order valence-electron chi connectivity index (χ4n) is 1.68. The van der Waals surface area contributed by atoms with Crippen molar-refractivity contribution in [1.82, 2.24) is 0 Å². The van der Waals surface area contributed by atoms with Gasteiger partial charge in [-0.05, 0) is 42.5 Å². The molecule has 2 N–H and O–H groups in total. The number of aromatic hydroxyl groups is 1. The van der Waals surface area contributed by atoms with E-state index in [9.17, 15) is 19.8 Å². The maximum Gasteiger partial charge on any atom is 1.00 e. The van der Waals surface area contributed by atoms with Crippen molar-refractivity contribution in [2.45, 2.75) is 6.92 Å². The molecule has 23 heavy (non-hydrogen) atoms. The average molecular weight is 321 g/mol. The number of phenols is 1. The van der Waals surface area contributed by atoms with Crippen molar-refractivity contribution in [3.05, 3.63) is 48.0 Å². The van der Waals surface area contributed by atoms with E-state index < -0.39 is 11.7 Å². The molecule has 0 unspecified atom stereocenters. The zero-order valence-corrected chi connectivity index (χ0v) is 14.6. The zero-order valence-electron chi connectivity index (χ0n) is 12.6. The molecule has 1 amide bonds. The summed E-state index contributed by atoms with van der Waals surface area (Å²) in [5.74, 6) is -2.05. The molecular weight excluding hydrogens is 309 g/mol. The van der Waals surface area contributed by atoms with Gasteiger partial charge in [0, 0.05) is 18.2 Å². The van der Waals surface area contributed by atoms with E-state index in [1.165, 1.54) is 25.1 Å². The van der Waals surface area contributed by atoms with Gasteiger partial charge in [0.05, 0.1) is 17.3 Å². The SMILES string of the molecule is CC(=O)Nc1ccc(N=Nc2ccc(O)c(C(=O)[O-])c2)cc1.[Na+]. The summed E-state index contributed by atoms with van der Waals surface area (Å²) in [4.78, 5) is 21.7. The van der Waals surface area contributed by atoms with Crippen LogP contribution in [0.5, 0.6) is 5.75 Å². The van der Waals surface area contributed by atoms with E-state index in [4.69, 9.17) is 0 Å². The van der Waals surface area contributed by atoms with Crippen LogP contribution in [0.1, 0.15) is 17.3 Å². The summed E-state index contributed by atoms with van der Waals surface area (Å²) in [7, 11) is 0. The van der Waals surface area contributed by atoms with Crippen LogP contribution in [0, 0.1) is 0 Å². The van der Waals surface area contributed by atoms with Crippen molar-refractivity contribution < 1.29 is 49.4 Å². The Kier molecular flexibility index (Phi) is 6.89. The predicted molar refractivity (Wildman–Crippen MR) is 77.4 cm³/mol. The molecule has 0 aromatic heterocycles. The van der Waals surface area contributed by atoms with Crippen LogP contribution in [0.3, 0.4) is 0 Å². The number of benzene rings is 2. The van der Waals surface area contributed by atoms with Gasteiger partial charge in [-0.1, -0.05) is 0 Å². The molecule has 0 saturated heterocycles. The number of carboxylic acids is 1. The normalized spacial score (nSPS) is 10.1. The van der Waals surface area contributed by atoms with E-state index in [0.29, 0.717) is 11.4 Å². The molecule has 7 nitrogen and oxygen atoms in total. The number of azo groups is 1. The maximum absolute atomic E-state index is 10.9. The van der Waals surface area contributed by atoms with Crippen molar-refractivity contribution in [2.24, 2.45) is 10.2 Å². The maximum atomic E-state index is 10.9. The molecule has 2 rings (SSSR count). The van der Waals surface area contributed by atoms with Crippen LogP contribution in [-0.2, 0) is 4.79 Å². The zero-order chi connectivity index (χ0) is 16.1. The van der Waals surface area contributed by atoms with Crippen molar-refractivity contribution in [3.8, 4) is 5.75 Å². The Morgan fingerprint density at radius 3 is 2.17 bits per heavy atom. The van der Waals surface area contributed by atoms with Crippen LogP contribution in [0.25, 0.3) is 0 Å². The molecule has 0 bridgehead atoms. The smallest absolute Gasteiger partial charge is 0.545 e. The van der Waals surface area contributed by atoms with Gasteiger partial charge in [-0.3, -0.25) is 4.79 Å². The van der Waals surface area contributed by atoms with Gasteiger partial charge in [0.15, 0.2) is 0 Å². The van der Waals surface area contributed by atoms with E-state index in [0.717, 1.165) is 0 Å². The van der Waals surface area contributed by atoms with Crippen LogP contribution < -0.4 is 40.0 Å². The summed E-state index contributed by atoms with van der Waals surface area (Å²) in [5, 5.41) is 30.6. The second kappa shape index (κ2) is 8.42. The van der Waals surface area contributed by atoms with E-state index >= 15 is 0 Å². The Hall–Kier alpha value is -2.22. The number of nitrogens with zero attached hydrogens (tertiary/aromatic N) is 2. The molecule has 2 aromatic carbocycles. The minimum Gasteiger partial charge on any atom is -0.545 e. The Morgan fingerprint density at radius 1 is 1.04 bits per heavy atom. The minimum absolute atomic E-state index is 0. The summed E-state index contributed by atoms with van der Waals surface area (Å²) in [6.45, 7) is 1.41. The Balaban J connectivity index is 0.00000264. The molecule has 8 heteroatoms. The number of amides is 1. The first-order chi connectivity index (χ1) is 10.5. The number of carbonyl (C=O) groups is 2. The molecule has 0 radical (unpaired) electrons. The molecule has 0 atom stereocenters. The van der Waals surface area contributed by atoms with Crippen molar-refractivity contribution in [2.75, 3.05) is 5.32 Å². The average Bonchev–Trinajstić information content (AvgIpc) is 2.47. The summed E-state index contributed by atoms with van der Waals surface area (Å²) >= 11 is 0. The van der Waals surface area contributed by atoms with Gasteiger partial charge >= 0.3 is 29.6 Å². The molecule has 0 fully saturated rings. The van der Waals surface area contributed by atoms with E-state index in [1.807, 2.05) is 0 Å². The monoisotopic (exact) mass is 321 g/mol. The summed E-state index contributed by atoms with van der Waals surface area (Å²) in [6, 6.07) is 10.4. The fraction of sp³-hybridized carbons (Fsp3) is 0.0667. The predicted octanol–water partition coefficient (Wildman–Crippen LogP) is -0.867. The summed E-state index contributed by atoms with van der Waals surface area (Å²) < 4.78 is 0. The number of carbonyl (C=O) groups excluding carboxylic acids is 2. The van der Waals surface area contributed by atoms with Crippen molar-refractivity contribution >= 4 is 28.9 Å². The Labute approximate surface area is 154 Å². The van der Waals surface area contributed by atoms with E-state index in [-0.39, 0.29) is 46.7 Å². The molecule has 0 aliphatic rings. The van der Waals surface area contributed by atoms with Crippen molar-refractivity contribution in [1.29, 1.82) is 0 Å². The number of hydrogen-bond acceptors (Lipinski definition) is 6. The van der Waals surface area contributed by atoms with Gasteiger partial charge in [-0.2, -0.15) is 10.2 Å². The molecule has 0 heterocycles. The largest absolute Gasteiger partial charge is 1.00 e. The first-order valence-electron chi connectivity index (χ1n) is 6.29. The third-order valence-corrected chi connectivity index (χ3v) is 2.67. The van der Waals surface area contributed by atoms with Crippen LogP contribution in [0.2, 0.25) is 0 Å². The third kappa shape index (κ3) is 5.48. The molecule has 0 spiro atoms. The first-order valence-corrected chi connectivity index (χ1v) is 6.29.